The Bertz CT molecular complexity index is 411. The van der Waals surface area contributed by atoms with Crippen molar-refractivity contribution in [3.8, 4) is 0 Å². The summed E-state index contributed by atoms with van der Waals surface area (Å²) in [6.07, 6.45) is 5.78. The van der Waals surface area contributed by atoms with Gasteiger partial charge in [0.25, 0.3) is 0 Å². The number of ether oxygens (including phenoxy) is 1. The summed E-state index contributed by atoms with van der Waals surface area (Å²) in [6.45, 7) is 0. The molecule has 1 aromatic carbocycles. The van der Waals surface area contributed by atoms with Crippen molar-refractivity contribution in [2.24, 2.45) is 0 Å². The Morgan fingerprint density at radius 2 is 1.94 bits per heavy atom. The fourth-order valence-electron chi connectivity index (χ4n) is 2.13. The van der Waals surface area contributed by atoms with E-state index in [-0.39, 0.29) is 12.1 Å². The van der Waals surface area contributed by atoms with Crippen LogP contribution in [0.25, 0.3) is 6.08 Å². The second-order valence-electron chi connectivity index (χ2n) is 4.57. The quantitative estimate of drug-likeness (QED) is 0.658. The van der Waals surface area contributed by atoms with Crippen molar-refractivity contribution >= 4 is 12.0 Å². The van der Waals surface area contributed by atoms with E-state index >= 15 is 0 Å². The number of rotatable bonds is 3. The second-order valence-corrected chi connectivity index (χ2v) is 4.57. The minimum atomic E-state index is -0.507. The number of esters is 1. The fourth-order valence-corrected chi connectivity index (χ4v) is 2.13. The molecular weight excluding hydrogens is 228 g/mol. The molecule has 18 heavy (non-hydrogen) atoms. The summed E-state index contributed by atoms with van der Waals surface area (Å²) in [5.74, 6) is -0.384. The SMILES string of the molecule is O=C(/C=C/c1ccccc1)O[C@H]1CCCC[C@H]1O. The molecule has 0 saturated heterocycles. The average molecular weight is 246 g/mol. The molecule has 0 aliphatic heterocycles. The molecule has 0 bridgehead atoms. The fraction of sp³-hybridized carbons (Fsp3) is 0.400. The van der Waals surface area contributed by atoms with Crippen LogP contribution in [0.15, 0.2) is 36.4 Å². The number of hydrogen-bond acceptors (Lipinski definition) is 3. The van der Waals surface area contributed by atoms with E-state index in [9.17, 15) is 9.90 Å². The van der Waals surface area contributed by atoms with E-state index in [2.05, 4.69) is 0 Å². The van der Waals surface area contributed by atoms with Crippen LogP contribution in [0.3, 0.4) is 0 Å². The molecular formula is C15H18O3. The molecule has 0 radical (unpaired) electrons. The molecule has 1 aliphatic carbocycles. The van der Waals surface area contributed by atoms with Crippen molar-refractivity contribution in [3.63, 3.8) is 0 Å². The van der Waals surface area contributed by atoms with Crippen LogP contribution in [0, 0.1) is 0 Å². The number of carbonyl (C=O) groups is 1. The van der Waals surface area contributed by atoms with Gasteiger partial charge in [0.2, 0.25) is 0 Å². The van der Waals surface area contributed by atoms with Gasteiger partial charge in [0.1, 0.15) is 6.10 Å². The van der Waals surface area contributed by atoms with Crippen LogP contribution in [0.1, 0.15) is 31.2 Å². The predicted octanol–water partition coefficient (Wildman–Crippen LogP) is 2.55. The number of benzene rings is 1. The van der Waals surface area contributed by atoms with Crippen molar-refractivity contribution in [1.29, 1.82) is 0 Å². The van der Waals surface area contributed by atoms with Gasteiger partial charge in [-0.25, -0.2) is 4.79 Å². The highest BCUT2D eigenvalue weighted by molar-refractivity contribution is 5.87. The third-order valence-corrected chi connectivity index (χ3v) is 3.15. The smallest absolute Gasteiger partial charge is 0.331 e. The summed E-state index contributed by atoms with van der Waals surface area (Å²) in [4.78, 5) is 11.6. The first-order chi connectivity index (χ1) is 8.75. The van der Waals surface area contributed by atoms with Gasteiger partial charge in [-0.15, -0.1) is 0 Å². The molecule has 0 unspecified atom stereocenters. The van der Waals surface area contributed by atoms with Gasteiger partial charge in [0.05, 0.1) is 6.10 Å². The Labute approximate surface area is 107 Å². The molecule has 1 fully saturated rings. The normalized spacial score (nSPS) is 24.1. The number of aliphatic hydroxyl groups excluding tert-OH is 1. The Hall–Kier alpha value is -1.61. The van der Waals surface area contributed by atoms with Gasteiger partial charge in [-0.1, -0.05) is 36.8 Å². The van der Waals surface area contributed by atoms with Crippen LogP contribution < -0.4 is 0 Å². The Morgan fingerprint density at radius 3 is 2.67 bits per heavy atom. The zero-order valence-electron chi connectivity index (χ0n) is 10.3. The molecule has 0 amide bonds. The van der Waals surface area contributed by atoms with Crippen molar-refractivity contribution in [2.45, 2.75) is 37.9 Å². The molecule has 0 heterocycles. The van der Waals surface area contributed by atoms with Gasteiger partial charge in [-0.2, -0.15) is 0 Å². The zero-order valence-corrected chi connectivity index (χ0v) is 10.3. The molecule has 0 spiro atoms. The minimum absolute atomic E-state index is 0.341. The molecule has 1 N–H and O–H groups in total. The third-order valence-electron chi connectivity index (χ3n) is 3.15. The molecule has 1 aliphatic rings. The van der Waals surface area contributed by atoms with Gasteiger partial charge >= 0.3 is 5.97 Å². The van der Waals surface area contributed by atoms with Crippen LogP contribution >= 0.6 is 0 Å². The highest BCUT2D eigenvalue weighted by Crippen LogP contribution is 2.21. The predicted molar refractivity (Wildman–Crippen MR) is 69.8 cm³/mol. The minimum Gasteiger partial charge on any atom is -0.456 e. The first-order valence-corrected chi connectivity index (χ1v) is 6.37. The Morgan fingerprint density at radius 1 is 1.22 bits per heavy atom. The van der Waals surface area contributed by atoms with Gasteiger partial charge in [-0.3, -0.25) is 0 Å². The molecule has 96 valence electrons. The van der Waals surface area contributed by atoms with Crippen molar-refractivity contribution in [2.75, 3.05) is 0 Å². The van der Waals surface area contributed by atoms with Crippen LogP contribution in [-0.2, 0) is 9.53 Å². The lowest BCUT2D eigenvalue weighted by Crippen LogP contribution is -2.33. The molecule has 2 atom stereocenters. The highest BCUT2D eigenvalue weighted by atomic mass is 16.6. The van der Waals surface area contributed by atoms with Gasteiger partial charge in [0, 0.05) is 6.08 Å². The highest BCUT2D eigenvalue weighted by Gasteiger charge is 2.25. The van der Waals surface area contributed by atoms with E-state index in [1.54, 1.807) is 6.08 Å². The molecule has 3 nitrogen and oxygen atoms in total. The monoisotopic (exact) mass is 246 g/mol. The van der Waals surface area contributed by atoms with E-state index in [0.717, 1.165) is 31.2 Å². The van der Waals surface area contributed by atoms with Crippen molar-refractivity contribution < 1.29 is 14.6 Å². The first-order valence-electron chi connectivity index (χ1n) is 6.37. The average Bonchev–Trinajstić information content (AvgIpc) is 2.40. The zero-order chi connectivity index (χ0) is 12.8. The number of aliphatic hydroxyl groups is 1. The van der Waals surface area contributed by atoms with Crippen LogP contribution in [0.4, 0.5) is 0 Å². The van der Waals surface area contributed by atoms with Crippen LogP contribution in [0.5, 0.6) is 0 Å². The lowest BCUT2D eigenvalue weighted by Gasteiger charge is -2.26. The molecule has 3 heteroatoms. The van der Waals surface area contributed by atoms with Crippen LogP contribution in [0.2, 0.25) is 0 Å². The molecule has 1 saturated carbocycles. The molecule has 2 rings (SSSR count). The van der Waals surface area contributed by atoms with E-state index in [1.165, 1.54) is 6.08 Å². The number of hydrogen-bond donors (Lipinski definition) is 1. The topological polar surface area (TPSA) is 46.5 Å². The lowest BCUT2D eigenvalue weighted by molar-refractivity contribution is -0.151. The summed E-state index contributed by atoms with van der Waals surface area (Å²) in [6, 6.07) is 9.58. The van der Waals surface area contributed by atoms with Crippen LogP contribution in [-0.4, -0.2) is 23.3 Å². The van der Waals surface area contributed by atoms with Crippen molar-refractivity contribution in [1.82, 2.24) is 0 Å². The summed E-state index contributed by atoms with van der Waals surface area (Å²) in [7, 11) is 0. The van der Waals surface area contributed by atoms with Gasteiger partial charge in [-0.05, 0) is 30.9 Å². The van der Waals surface area contributed by atoms with E-state index in [1.807, 2.05) is 30.3 Å². The van der Waals surface area contributed by atoms with Gasteiger partial charge in [0.15, 0.2) is 0 Å². The van der Waals surface area contributed by atoms with Crippen molar-refractivity contribution in [3.05, 3.63) is 42.0 Å². The molecule has 0 aromatic heterocycles. The summed E-state index contributed by atoms with van der Waals surface area (Å²) in [5, 5.41) is 9.70. The maximum atomic E-state index is 11.6. The Balaban J connectivity index is 1.86. The summed E-state index contributed by atoms with van der Waals surface area (Å²) < 4.78 is 5.25. The van der Waals surface area contributed by atoms with E-state index < -0.39 is 6.10 Å². The summed E-state index contributed by atoms with van der Waals surface area (Å²) in [5.41, 5.74) is 0.957. The summed E-state index contributed by atoms with van der Waals surface area (Å²) >= 11 is 0. The maximum absolute atomic E-state index is 11.6. The van der Waals surface area contributed by atoms with E-state index in [0.29, 0.717) is 0 Å². The third kappa shape index (κ3) is 3.70. The standard InChI is InChI=1S/C15H18O3/c16-13-8-4-5-9-14(13)18-15(17)11-10-12-6-2-1-3-7-12/h1-3,6-7,10-11,13-14,16H,4-5,8-9H2/b11-10+/t13-,14+/m1/s1. The largest absolute Gasteiger partial charge is 0.456 e. The second kappa shape index (κ2) is 6.36. The maximum Gasteiger partial charge on any atom is 0.331 e. The number of carbonyl (C=O) groups excluding carboxylic acids is 1. The first kappa shape index (κ1) is 12.8. The Kier molecular flexibility index (Phi) is 4.53. The van der Waals surface area contributed by atoms with Gasteiger partial charge < -0.3 is 9.84 Å². The van der Waals surface area contributed by atoms with E-state index in [4.69, 9.17) is 4.74 Å². The lowest BCUT2D eigenvalue weighted by atomic mass is 9.95. The molecule has 1 aromatic rings.